The van der Waals surface area contributed by atoms with Crippen LogP contribution in [0.4, 0.5) is 17.1 Å². The number of hydrogen-bond donors (Lipinski definition) is 0. The lowest BCUT2D eigenvalue weighted by atomic mass is 9.63. The van der Waals surface area contributed by atoms with Gasteiger partial charge in [0.1, 0.15) is 11.2 Å². The van der Waals surface area contributed by atoms with Crippen molar-refractivity contribution in [3.8, 4) is 33.4 Å². The molecular weight excluding hydrogens is 619 g/mol. The van der Waals surface area contributed by atoms with Gasteiger partial charge in [0, 0.05) is 16.5 Å². The molecule has 0 bridgehead atoms. The highest BCUT2D eigenvalue weighted by atomic mass is 16.3. The zero-order valence-corrected chi connectivity index (χ0v) is 27.8. The monoisotopic (exact) mass is 649 g/mol. The van der Waals surface area contributed by atoms with Gasteiger partial charge in [0.05, 0.1) is 16.8 Å². The van der Waals surface area contributed by atoms with Crippen LogP contribution < -0.4 is 4.90 Å². The second-order valence-corrected chi connectivity index (χ2v) is 13.6. The van der Waals surface area contributed by atoms with Crippen molar-refractivity contribution in [2.75, 3.05) is 4.90 Å². The maximum absolute atomic E-state index is 6.12. The molecule has 0 atom stereocenters. The summed E-state index contributed by atoms with van der Waals surface area (Å²) in [5.41, 5.74) is 17.6. The van der Waals surface area contributed by atoms with Crippen LogP contribution in [0.2, 0.25) is 0 Å². The molecule has 9 aromatic rings. The second kappa shape index (κ2) is 10.7. The Labute approximate surface area is 296 Å². The molecule has 0 radical (unpaired) electrons. The van der Waals surface area contributed by atoms with E-state index in [9.17, 15) is 0 Å². The van der Waals surface area contributed by atoms with Crippen molar-refractivity contribution in [2.45, 2.75) is 5.41 Å². The number of para-hydroxylation sites is 4. The molecule has 1 aliphatic carbocycles. The SMILES string of the molecule is c1ccc(N2c3ccccc3C3(c4ccccc4-c4cccc(-c5ccc(-c6ccc7oc8ccccc8c7c6)cc5)c43)c3ccccc32)cc1. The van der Waals surface area contributed by atoms with Crippen molar-refractivity contribution >= 4 is 39.0 Å². The van der Waals surface area contributed by atoms with Gasteiger partial charge in [-0.05, 0) is 98.1 Å². The minimum atomic E-state index is -0.507. The number of furan rings is 1. The lowest BCUT2D eigenvalue weighted by molar-refractivity contribution is 0.669. The topological polar surface area (TPSA) is 16.4 Å². The van der Waals surface area contributed by atoms with Crippen LogP contribution >= 0.6 is 0 Å². The number of rotatable bonds is 3. The van der Waals surface area contributed by atoms with Gasteiger partial charge in [-0.2, -0.15) is 0 Å². The van der Waals surface area contributed by atoms with Gasteiger partial charge in [0.15, 0.2) is 0 Å². The maximum atomic E-state index is 6.12. The van der Waals surface area contributed by atoms with Crippen LogP contribution in [0.25, 0.3) is 55.3 Å². The maximum Gasteiger partial charge on any atom is 0.135 e. The number of nitrogens with zero attached hydrogens (tertiary/aromatic N) is 1. The molecule has 238 valence electrons. The number of hydrogen-bond acceptors (Lipinski definition) is 2. The van der Waals surface area contributed by atoms with Crippen LogP contribution in [-0.2, 0) is 5.41 Å². The molecule has 0 amide bonds. The number of benzene rings is 8. The Morgan fingerprint density at radius 1 is 0.373 bits per heavy atom. The first kappa shape index (κ1) is 28.2. The van der Waals surface area contributed by atoms with Crippen LogP contribution in [-0.4, -0.2) is 0 Å². The van der Waals surface area contributed by atoms with Crippen molar-refractivity contribution in [1.82, 2.24) is 0 Å². The van der Waals surface area contributed by atoms with E-state index in [2.05, 4.69) is 181 Å². The predicted octanol–water partition coefficient (Wildman–Crippen LogP) is 13.1. The summed E-state index contributed by atoms with van der Waals surface area (Å²) in [6.45, 7) is 0. The molecule has 51 heavy (non-hydrogen) atoms. The van der Waals surface area contributed by atoms with E-state index in [0.717, 1.165) is 27.6 Å². The van der Waals surface area contributed by atoms with Gasteiger partial charge in [-0.15, -0.1) is 0 Å². The molecule has 2 heterocycles. The summed E-state index contributed by atoms with van der Waals surface area (Å²) in [4.78, 5) is 2.44. The summed E-state index contributed by atoms with van der Waals surface area (Å²) in [6.07, 6.45) is 0. The molecule has 2 nitrogen and oxygen atoms in total. The van der Waals surface area contributed by atoms with Gasteiger partial charge in [-0.3, -0.25) is 0 Å². The molecule has 1 aromatic heterocycles. The van der Waals surface area contributed by atoms with Crippen molar-refractivity contribution in [3.63, 3.8) is 0 Å². The van der Waals surface area contributed by atoms with E-state index in [1.807, 2.05) is 12.1 Å². The third-order valence-electron chi connectivity index (χ3n) is 11.1. The van der Waals surface area contributed by atoms with Gasteiger partial charge in [-0.25, -0.2) is 0 Å². The summed E-state index contributed by atoms with van der Waals surface area (Å²) in [7, 11) is 0. The molecule has 0 fully saturated rings. The van der Waals surface area contributed by atoms with E-state index >= 15 is 0 Å². The summed E-state index contributed by atoms with van der Waals surface area (Å²) in [5, 5.41) is 2.29. The van der Waals surface area contributed by atoms with Gasteiger partial charge < -0.3 is 9.32 Å². The van der Waals surface area contributed by atoms with Gasteiger partial charge in [0.25, 0.3) is 0 Å². The largest absolute Gasteiger partial charge is 0.456 e. The highest BCUT2D eigenvalue weighted by Gasteiger charge is 2.52. The number of fused-ring (bicyclic) bond motifs is 12. The van der Waals surface area contributed by atoms with E-state index in [1.54, 1.807) is 0 Å². The highest BCUT2D eigenvalue weighted by molar-refractivity contribution is 6.06. The Hall–Kier alpha value is -6.64. The fourth-order valence-corrected chi connectivity index (χ4v) is 9.01. The Morgan fingerprint density at radius 3 is 1.73 bits per heavy atom. The fraction of sp³-hybridized carbons (Fsp3) is 0.0204. The molecule has 2 aliphatic rings. The minimum Gasteiger partial charge on any atom is -0.456 e. The van der Waals surface area contributed by atoms with E-state index in [1.165, 1.54) is 67.0 Å². The smallest absolute Gasteiger partial charge is 0.135 e. The lowest BCUT2D eigenvalue weighted by Crippen LogP contribution is -2.36. The Kier molecular flexibility index (Phi) is 5.91. The van der Waals surface area contributed by atoms with Gasteiger partial charge in [-0.1, -0.05) is 146 Å². The first-order chi connectivity index (χ1) is 25.3. The predicted molar refractivity (Wildman–Crippen MR) is 210 cm³/mol. The third-order valence-corrected chi connectivity index (χ3v) is 11.1. The van der Waals surface area contributed by atoms with Gasteiger partial charge in [0.2, 0.25) is 0 Å². The molecule has 0 N–H and O–H groups in total. The molecule has 1 aliphatic heterocycles. The molecular formula is C49H31NO. The summed E-state index contributed by atoms with van der Waals surface area (Å²) >= 11 is 0. The lowest BCUT2D eigenvalue weighted by Gasteiger charge is -2.45. The van der Waals surface area contributed by atoms with Crippen molar-refractivity contribution in [3.05, 3.63) is 210 Å². The number of anilines is 3. The zero-order chi connectivity index (χ0) is 33.5. The normalized spacial score (nSPS) is 13.6. The van der Waals surface area contributed by atoms with Crippen LogP contribution in [0.5, 0.6) is 0 Å². The van der Waals surface area contributed by atoms with Crippen LogP contribution in [0.1, 0.15) is 22.3 Å². The highest BCUT2D eigenvalue weighted by Crippen LogP contribution is 2.64. The third kappa shape index (κ3) is 3.87. The van der Waals surface area contributed by atoms with Crippen molar-refractivity contribution < 1.29 is 4.42 Å². The summed E-state index contributed by atoms with van der Waals surface area (Å²) in [5.74, 6) is 0. The fourth-order valence-electron chi connectivity index (χ4n) is 9.01. The quantitative estimate of drug-likeness (QED) is 0.189. The molecule has 2 heteroatoms. The molecule has 0 saturated carbocycles. The van der Waals surface area contributed by atoms with E-state index < -0.39 is 5.41 Å². The molecule has 0 unspecified atom stereocenters. The summed E-state index contributed by atoms with van der Waals surface area (Å²) < 4.78 is 6.12. The minimum absolute atomic E-state index is 0.507. The van der Waals surface area contributed by atoms with E-state index in [4.69, 9.17) is 4.42 Å². The average molecular weight is 650 g/mol. The van der Waals surface area contributed by atoms with Crippen LogP contribution in [0.3, 0.4) is 0 Å². The second-order valence-electron chi connectivity index (χ2n) is 13.6. The Morgan fingerprint density at radius 2 is 0.941 bits per heavy atom. The molecule has 11 rings (SSSR count). The summed E-state index contributed by atoms with van der Waals surface area (Å²) in [6, 6.07) is 68.6. The molecule has 0 saturated heterocycles. The standard InChI is InChI=1S/C49H31NO/c1-2-13-35(14-3-1)50-44-22-9-7-20-42(44)49(43-21-8-10-23-45(43)50)41-19-6-4-15-37(41)39-18-12-17-36(48(39)49)33-27-25-32(26-28-33)34-29-30-47-40(31-34)38-16-5-11-24-46(38)51-47/h1-31H. The molecule has 8 aromatic carbocycles. The average Bonchev–Trinajstić information content (AvgIpc) is 3.72. The van der Waals surface area contributed by atoms with E-state index in [0.29, 0.717) is 0 Å². The first-order valence-electron chi connectivity index (χ1n) is 17.6. The Bertz CT molecular complexity index is 2760. The Balaban J connectivity index is 1.14. The molecule has 1 spiro atoms. The van der Waals surface area contributed by atoms with Crippen LogP contribution in [0, 0.1) is 0 Å². The van der Waals surface area contributed by atoms with Crippen molar-refractivity contribution in [1.29, 1.82) is 0 Å². The van der Waals surface area contributed by atoms with E-state index in [-0.39, 0.29) is 0 Å². The van der Waals surface area contributed by atoms with Crippen LogP contribution in [0.15, 0.2) is 192 Å². The van der Waals surface area contributed by atoms with Crippen molar-refractivity contribution in [2.24, 2.45) is 0 Å². The first-order valence-corrected chi connectivity index (χ1v) is 17.6. The van der Waals surface area contributed by atoms with Gasteiger partial charge >= 0.3 is 0 Å². The zero-order valence-electron chi connectivity index (χ0n) is 27.8.